The molecule has 4 heteroatoms. The molecule has 4 nitrogen and oxygen atoms in total. The summed E-state index contributed by atoms with van der Waals surface area (Å²) in [7, 11) is 5.56. The fourth-order valence-electron chi connectivity index (χ4n) is 1.89. The lowest BCUT2D eigenvalue weighted by Gasteiger charge is -2.25. The van der Waals surface area contributed by atoms with Gasteiger partial charge in [0.2, 0.25) is 0 Å². The first-order valence-corrected chi connectivity index (χ1v) is 6.62. The summed E-state index contributed by atoms with van der Waals surface area (Å²) >= 11 is 0. The second kappa shape index (κ2) is 7.79. The molecule has 0 atom stereocenters. The van der Waals surface area contributed by atoms with Gasteiger partial charge >= 0.3 is 5.97 Å². The molecule has 0 unspecified atom stereocenters. The predicted octanol–water partition coefficient (Wildman–Crippen LogP) is 1.79. The molecule has 0 radical (unpaired) electrons. The van der Waals surface area contributed by atoms with Crippen LogP contribution in [0.2, 0.25) is 0 Å². The Morgan fingerprint density at radius 2 is 2.00 bits per heavy atom. The van der Waals surface area contributed by atoms with Crippen LogP contribution in [0, 0.1) is 0 Å². The number of benzene rings is 1. The van der Waals surface area contributed by atoms with E-state index < -0.39 is 0 Å². The van der Waals surface area contributed by atoms with Gasteiger partial charge in [-0.15, -0.1) is 0 Å². The third-order valence-corrected chi connectivity index (χ3v) is 3.05. The van der Waals surface area contributed by atoms with Gasteiger partial charge in [0, 0.05) is 25.3 Å². The zero-order valence-corrected chi connectivity index (χ0v) is 12.3. The number of esters is 1. The summed E-state index contributed by atoms with van der Waals surface area (Å²) in [5, 5.41) is 0. The van der Waals surface area contributed by atoms with Crippen molar-refractivity contribution in [2.24, 2.45) is 0 Å². The van der Waals surface area contributed by atoms with Crippen molar-refractivity contribution >= 4 is 11.7 Å². The predicted molar refractivity (Wildman–Crippen MR) is 78.6 cm³/mol. The van der Waals surface area contributed by atoms with E-state index in [2.05, 4.69) is 43.0 Å². The lowest BCUT2D eigenvalue weighted by atomic mass is 10.1. The molecular formula is C15H24N2O2. The molecule has 0 N–H and O–H groups in total. The van der Waals surface area contributed by atoms with Gasteiger partial charge in [0.15, 0.2) is 0 Å². The summed E-state index contributed by atoms with van der Waals surface area (Å²) < 4.78 is 4.70. The van der Waals surface area contributed by atoms with Crippen LogP contribution < -0.4 is 4.90 Å². The molecule has 0 aliphatic heterocycles. The standard InChI is InChI=1S/C15H24N2O2/c1-5-17(10-9-16(2)3)14-8-6-7-13(11-14)12-15(18)19-4/h6-8,11H,5,9-10,12H2,1-4H3. The highest BCUT2D eigenvalue weighted by Gasteiger charge is 2.08. The first-order valence-electron chi connectivity index (χ1n) is 6.62. The molecule has 0 bridgehead atoms. The SMILES string of the molecule is CCN(CCN(C)C)c1cccc(CC(=O)OC)c1. The number of hydrogen-bond acceptors (Lipinski definition) is 4. The maximum absolute atomic E-state index is 11.3. The number of rotatable bonds is 7. The van der Waals surface area contributed by atoms with Crippen LogP contribution in [0.5, 0.6) is 0 Å². The lowest BCUT2D eigenvalue weighted by molar-refractivity contribution is -0.139. The van der Waals surface area contributed by atoms with E-state index in [-0.39, 0.29) is 5.97 Å². The van der Waals surface area contributed by atoms with Gasteiger partial charge in [0.1, 0.15) is 0 Å². The number of hydrogen-bond donors (Lipinski definition) is 0. The molecule has 0 spiro atoms. The zero-order chi connectivity index (χ0) is 14.3. The number of methoxy groups -OCH3 is 1. The summed E-state index contributed by atoms with van der Waals surface area (Å²) in [5.41, 5.74) is 2.15. The molecule has 1 aromatic rings. The number of likely N-dealkylation sites (N-methyl/N-ethyl adjacent to an activating group) is 2. The Labute approximate surface area is 116 Å². The van der Waals surface area contributed by atoms with Crippen molar-refractivity contribution in [1.82, 2.24) is 4.90 Å². The molecule has 0 aromatic heterocycles. The van der Waals surface area contributed by atoms with E-state index in [0.717, 1.165) is 30.9 Å². The molecule has 19 heavy (non-hydrogen) atoms. The molecule has 106 valence electrons. The van der Waals surface area contributed by atoms with Crippen molar-refractivity contribution < 1.29 is 9.53 Å². The monoisotopic (exact) mass is 264 g/mol. The quantitative estimate of drug-likeness (QED) is 0.703. The minimum Gasteiger partial charge on any atom is -0.469 e. The van der Waals surface area contributed by atoms with Gasteiger partial charge in [-0.1, -0.05) is 12.1 Å². The molecule has 0 amide bonds. The Hall–Kier alpha value is -1.55. The highest BCUT2D eigenvalue weighted by atomic mass is 16.5. The van der Waals surface area contributed by atoms with Crippen LogP contribution in [0.4, 0.5) is 5.69 Å². The van der Waals surface area contributed by atoms with Crippen molar-refractivity contribution in [3.05, 3.63) is 29.8 Å². The summed E-state index contributed by atoms with van der Waals surface area (Å²) in [4.78, 5) is 15.8. The van der Waals surface area contributed by atoms with Crippen LogP contribution in [0.25, 0.3) is 0 Å². The van der Waals surface area contributed by atoms with Gasteiger partial charge in [-0.25, -0.2) is 0 Å². The van der Waals surface area contributed by atoms with Gasteiger partial charge in [0.05, 0.1) is 13.5 Å². The van der Waals surface area contributed by atoms with Crippen LogP contribution in [0.15, 0.2) is 24.3 Å². The number of nitrogens with zero attached hydrogens (tertiary/aromatic N) is 2. The Balaban J connectivity index is 2.75. The third-order valence-electron chi connectivity index (χ3n) is 3.05. The molecule has 1 aromatic carbocycles. The molecule has 0 saturated carbocycles. The lowest BCUT2D eigenvalue weighted by Crippen LogP contribution is -2.31. The molecule has 0 aliphatic carbocycles. The van der Waals surface area contributed by atoms with Gasteiger partial charge in [-0.3, -0.25) is 4.79 Å². The second-order valence-corrected chi connectivity index (χ2v) is 4.81. The highest BCUT2D eigenvalue weighted by Crippen LogP contribution is 2.16. The average Bonchev–Trinajstić information content (AvgIpc) is 2.39. The van der Waals surface area contributed by atoms with Crippen LogP contribution >= 0.6 is 0 Å². The van der Waals surface area contributed by atoms with E-state index in [0.29, 0.717) is 6.42 Å². The van der Waals surface area contributed by atoms with E-state index >= 15 is 0 Å². The largest absolute Gasteiger partial charge is 0.469 e. The Kier molecular flexibility index (Phi) is 6.36. The van der Waals surface area contributed by atoms with Crippen LogP contribution in [-0.4, -0.2) is 51.7 Å². The summed E-state index contributed by atoms with van der Waals surface area (Å²) in [6.45, 7) is 5.08. The number of carbonyl (C=O) groups excluding carboxylic acids is 1. The number of anilines is 1. The molecular weight excluding hydrogens is 240 g/mol. The molecule has 1 rings (SSSR count). The maximum atomic E-state index is 11.3. The van der Waals surface area contributed by atoms with Crippen molar-refractivity contribution in [3.63, 3.8) is 0 Å². The molecule has 0 aliphatic rings. The van der Waals surface area contributed by atoms with Gasteiger partial charge in [-0.2, -0.15) is 0 Å². The van der Waals surface area contributed by atoms with Crippen molar-refractivity contribution in [1.29, 1.82) is 0 Å². The highest BCUT2D eigenvalue weighted by molar-refractivity contribution is 5.73. The van der Waals surface area contributed by atoms with Crippen molar-refractivity contribution in [2.75, 3.05) is 45.7 Å². The average molecular weight is 264 g/mol. The van der Waals surface area contributed by atoms with E-state index in [1.807, 2.05) is 12.1 Å². The van der Waals surface area contributed by atoms with Crippen LogP contribution in [-0.2, 0) is 16.0 Å². The maximum Gasteiger partial charge on any atom is 0.309 e. The van der Waals surface area contributed by atoms with E-state index in [4.69, 9.17) is 4.74 Å². The Bertz CT molecular complexity index is 405. The van der Waals surface area contributed by atoms with Crippen LogP contribution in [0.1, 0.15) is 12.5 Å². The van der Waals surface area contributed by atoms with Gasteiger partial charge < -0.3 is 14.5 Å². The smallest absolute Gasteiger partial charge is 0.309 e. The van der Waals surface area contributed by atoms with Gasteiger partial charge in [0.25, 0.3) is 0 Å². The fraction of sp³-hybridized carbons (Fsp3) is 0.533. The minimum absolute atomic E-state index is 0.200. The zero-order valence-electron chi connectivity index (χ0n) is 12.3. The van der Waals surface area contributed by atoms with E-state index in [1.54, 1.807) is 0 Å². The summed E-state index contributed by atoms with van der Waals surface area (Å²) in [5.74, 6) is -0.200. The fourth-order valence-corrected chi connectivity index (χ4v) is 1.89. The van der Waals surface area contributed by atoms with Gasteiger partial charge in [-0.05, 0) is 38.7 Å². The summed E-state index contributed by atoms with van der Waals surface area (Å²) in [6.07, 6.45) is 0.329. The molecule has 0 heterocycles. The Morgan fingerprint density at radius 1 is 1.26 bits per heavy atom. The minimum atomic E-state index is -0.200. The Morgan fingerprint density at radius 3 is 2.58 bits per heavy atom. The summed E-state index contributed by atoms with van der Waals surface area (Å²) in [6, 6.07) is 8.10. The topological polar surface area (TPSA) is 32.8 Å². The second-order valence-electron chi connectivity index (χ2n) is 4.81. The molecule has 0 saturated heterocycles. The number of ether oxygens (including phenoxy) is 1. The van der Waals surface area contributed by atoms with E-state index in [9.17, 15) is 4.79 Å². The number of carbonyl (C=O) groups is 1. The van der Waals surface area contributed by atoms with Crippen LogP contribution in [0.3, 0.4) is 0 Å². The normalized spacial score (nSPS) is 10.6. The third kappa shape index (κ3) is 5.30. The van der Waals surface area contributed by atoms with Crippen molar-refractivity contribution in [2.45, 2.75) is 13.3 Å². The van der Waals surface area contributed by atoms with E-state index in [1.165, 1.54) is 7.11 Å². The first kappa shape index (κ1) is 15.5. The molecule has 0 fully saturated rings. The van der Waals surface area contributed by atoms with Crippen molar-refractivity contribution in [3.8, 4) is 0 Å². The first-order chi connectivity index (χ1) is 9.06.